The van der Waals surface area contributed by atoms with Gasteiger partial charge in [-0.1, -0.05) is 36.4 Å². The van der Waals surface area contributed by atoms with Crippen molar-refractivity contribution in [1.29, 1.82) is 0 Å². The Labute approximate surface area is 176 Å². The lowest BCUT2D eigenvalue weighted by Gasteiger charge is -2.10. The number of ketones is 1. The van der Waals surface area contributed by atoms with Gasteiger partial charge in [-0.2, -0.15) is 0 Å². The third-order valence-electron chi connectivity index (χ3n) is 3.90. The standard InChI is InChI=1S/C21H18N2O4S2/c1-13(24)22-16-10-15(8-9-19(16)28-2)18(25)11-27-21(26)17-12-29-20(23-17)14-6-4-3-5-7-14/h3-10,12H,11H2,1-2H3,(H,22,24). The SMILES string of the molecule is CSc1ccc(C(=O)COC(=O)c2csc(-c3ccccc3)n2)cc1NC(C)=O. The predicted octanol–water partition coefficient (Wildman–Crippen LogP) is 4.53. The zero-order valence-corrected chi connectivity index (χ0v) is 17.4. The number of ether oxygens (including phenoxy) is 1. The fourth-order valence-corrected chi connectivity index (χ4v) is 3.87. The van der Waals surface area contributed by atoms with Gasteiger partial charge < -0.3 is 10.1 Å². The Morgan fingerprint density at radius 1 is 1.14 bits per heavy atom. The minimum atomic E-state index is -0.653. The molecule has 0 aliphatic carbocycles. The number of rotatable bonds is 7. The van der Waals surface area contributed by atoms with Crippen molar-refractivity contribution in [2.24, 2.45) is 0 Å². The molecule has 1 N–H and O–H groups in total. The third-order valence-corrected chi connectivity index (χ3v) is 5.59. The molecule has 0 atom stereocenters. The molecule has 2 aromatic carbocycles. The van der Waals surface area contributed by atoms with Gasteiger partial charge in [-0.15, -0.1) is 23.1 Å². The van der Waals surface area contributed by atoms with E-state index in [4.69, 9.17) is 4.74 Å². The molecule has 0 fully saturated rings. The number of benzene rings is 2. The van der Waals surface area contributed by atoms with Gasteiger partial charge in [0.2, 0.25) is 5.91 Å². The summed E-state index contributed by atoms with van der Waals surface area (Å²) in [5.41, 5.74) is 1.97. The maximum Gasteiger partial charge on any atom is 0.358 e. The molecular formula is C21H18N2O4S2. The van der Waals surface area contributed by atoms with E-state index in [1.54, 1.807) is 23.6 Å². The molecule has 0 saturated carbocycles. The second-order valence-corrected chi connectivity index (χ2v) is 7.71. The van der Waals surface area contributed by atoms with Crippen LogP contribution in [0.25, 0.3) is 10.6 Å². The number of carbonyl (C=O) groups excluding carboxylic acids is 3. The molecule has 1 amide bonds. The van der Waals surface area contributed by atoms with Crippen molar-refractivity contribution in [2.45, 2.75) is 11.8 Å². The summed E-state index contributed by atoms with van der Waals surface area (Å²) >= 11 is 2.79. The maximum absolute atomic E-state index is 12.4. The summed E-state index contributed by atoms with van der Waals surface area (Å²) in [4.78, 5) is 41.2. The highest BCUT2D eigenvalue weighted by Crippen LogP contribution is 2.27. The van der Waals surface area contributed by atoms with Crippen molar-refractivity contribution in [1.82, 2.24) is 4.98 Å². The first kappa shape index (κ1) is 20.8. The molecule has 0 spiro atoms. The first-order valence-electron chi connectivity index (χ1n) is 8.65. The maximum atomic E-state index is 12.4. The first-order valence-corrected chi connectivity index (χ1v) is 10.7. The first-order chi connectivity index (χ1) is 14.0. The fraction of sp³-hybridized carbons (Fsp3) is 0.143. The van der Waals surface area contributed by atoms with Gasteiger partial charge in [0.05, 0.1) is 5.69 Å². The van der Waals surface area contributed by atoms with Gasteiger partial charge in [0.15, 0.2) is 18.1 Å². The average molecular weight is 427 g/mol. The van der Waals surface area contributed by atoms with Crippen LogP contribution < -0.4 is 5.32 Å². The zero-order valence-electron chi connectivity index (χ0n) is 15.8. The van der Waals surface area contributed by atoms with Gasteiger partial charge in [-0.3, -0.25) is 9.59 Å². The minimum absolute atomic E-state index is 0.165. The third kappa shape index (κ3) is 5.30. The van der Waals surface area contributed by atoms with Crippen LogP contribution >= 0.6 is 23.1 Å². The number of esters is 1. The van der Waals surface area contributed by atoms with E-state index in [1.807, 2.05) is 36.6 Å². The molecule has 8 heteroatoms. The summed E-state index contributed by atoms with van der Waals surface area (Å²) in [5, 5.41) is 5.01. The normalized spacial score (nSPS) is 10.4. The van der Waals surface area contributed by atoms with Crippen LogP contribution in [0, 0.1) is 0 Å². The average Bonchev–Trinajstić information content (AvgIpc) is 3.22. The molecule has 3 aromatic rings. The number of thioether (sulfide) groups is 1. The topological polar surface area (TPSA) is 85.4 Å². The van der Waals surface area contributed by atoms with Crippen molar-refractivity contribution in [3.63, 3.8) is 0 Å². The van der Waals surface area contributed by atoms with Crippen molar-refractivity contribution >= 4 is 46.4 Å². The van der Waals surface area contributed by atoms with E-state index in [0.29, 0.717) is 16.3 Å². The number of hydrogen-bond donors (Lipinski definition) is 1. The monoisotopic (exact) mass is 426 g/mol. The van der Waals surface area contributed by atoms with E-state index in [9.17, 15) is 14.4 Å². The Morgan fingerprint density at radius 3 is 2.59 bits per heavy atom. The van der Waals surface area contributed by atoms with E-state index < -0.39 is 12.6 Å². The fourth-order valence-electron chi connectivity index (χ4n) is 2.54. The Balaban J connectivity index is 1.65. The van der Waals surface area contributed by atoms with Crippen LogP contribution in [0.5, 0.6) is 0 Å². The number of amides is 1. The van der Waals surface area contributed by atoms with E-state index in [0.717, 1.165) is 10.5 Å². The van der Waals surface area contributed by atoms with Crippen LogP contribution in [-0.4, -0.2) is 35.5 Å². The molecule has 0 unspecified atom stereocenters. The highest BCUT2D eigenvalue weighted by Gasteiger charge is 2.17. The molecule has 1 heterocycles. The summed E-state index contributed by atoms with van der Waals surface area (Å²) in [6.07, 6.45) is 1.88. The number of nitrogens with one attached hydrogen (secondary N) is 1. The van der Waals surface area contributed by atoms with Crippen LogP contribution in [0.3, 0.4) is 0 Å². The number of Topliss-reactive ketones (excluding diaryl/α,β-unsaturated/α-hetero) is 1. The molecule has 6 nitrogen and oxygen atoms in total. The van der Waals surface area contributed by atoms with Crippen LogP contribution in [0.2, 0.25) is 0 Å². The molecule has 0 bridgehead atoms. The predicted molar refractivity (Wildman–Crippen MR) is 115 cm³/mol. The summed E-state index contributed by atoms with van der Waals surface area (Å²) < 4.78 is 5.13. The quantitative estimate of drug-likeness (QED) is 0.339. The van der Waals surface area contributed by atoms with E-state index in [-0.39, 0.29) is 17.4 Å². The molecular weight excluding hydrogens is 408 g/mol. The Hall–Kier alpha value is -2.97. The van der Waals surface area contributed by atoms with Gasteiger partial charge >= 0.3 is 5.97 Å². The van der Waals surface area contributed by atoms with Crippen LogP contribution in [-0.2, 0) is 9.53 Å². The number of hydrogen-bond acceptors (Lipinski definition) is 7. The molecule has 29 heavy (non-hydrogen) atoms. The zero-order chi connectivity index (χ0) is 20.8. The van der Waals surface area contributed by atoms with Gasteiger partial charge in [0, 0.05) is 28.3 Å². The summed E-state index contributed by atoms with van der Waals surface area (Å²) in [5.74, 6) is -1.25. The lowest BCUT2D eigenvalue weighted by molar-refractivity contribution is -0.114. The van der Waals surface area contributed by atoms with Crippen molar-refractivity contribution in [2.75, 3.05) is 18.2 Å². The van der Waals surface area contributed by atoms with Gasteiger partial charge in [0.1, 0.15) is 5.01 Å². The number of anilines is 1. The molecule has 3 rings (SSSR count). The molecule has 0 saturated heterocycles. The highest BCUT2D eigenvalue weighted by atomic mass is 32.2. The van der Waals surface area contributed by atoms with Gasteiger partial charge in [0.25, 0.3) is 0 Å². The van der Waals surface area contributed by atoms with Crippen molar-refractivity contribution in [3.05, 3.63) is 65.2 Å². The van der Waals surface area contributed by atoms with E-state index in [1.165, 1.54) is 30.0 Å². The molecule has 1 aromatic heterocycles. The summed E-state index contributed by atoms with van der Waals surface area (Å²) in [6.45, 7) is 0.993. The number of aromatic nitrogens is 1. The molecule has 0 aliphatic heterocycles. The second kappa shape index (κ2) is 9.49. The van der Waals surface area contributed by atoms with Crippen molar-refractivity contribution < 1.29 is 19.1 Å². The van der Waals surface area contributed by atoms with Crippen LogP contribution in [0.4, 0.5) is 5.69 Å². The Morgan fingerprint density at radius 2 is 1.90 bits per heavy atom. The van der Waals surface area contributed by atoms with Crippen LogP contribution in [0.15, 0.2) is 58.8 Å². The smallest absolute Gasteiger partial charge is 0.358 e. The lowest BCUT2D eigenvalue weighted by Crippen LogP contribution is -2.15. The number of carbonyl (C=O) groups is 3. The second-order valence-electron chi connectivity index (χ2n) is 6.00. The Kier molecular flexibility index (Phi) is 6.79. The summed E-state index contributed by atoms with van der Waals surface area (Å²) in [7, 11) is 0. The van der Waals surface area contributed by atoms with E-state index >= 15 is 0 Å². The largest absolute Gasteiger partial charge is 0.453 e. The molecule has 0 aliphatic rings. The van der Waals surface area contributed by atoms with Gasteiger partial charge in [-0.25, -0.2) is 9.78 Å². The minimum Gasteiger partial charge on any atom is -0.453 e. The van der Waals surface area contributed by atoms with Gasteiger partial charge in [-0.05, 0) is 18.4 Å². The number of nitrogens with zero attached hydrogens (tertiary/aromatic N) is 1. The summed E-state index contributed by atoms with van der Waals surface area (Å²) in [6, 6.07) is 14.5. The lowest BCUT2D eigenvalue weighted by atomic mass is 10.1. The molecule has 148 valence electrons. The highest BCUT2D eigenvalue weighted by molar-refractivity contribution is 7.98. The van der Waals surface area contributed by atoms with E-state index in [2.05, 4.69) is 10.3 Å². The Bertz CT molecular complexity index is 1050. The van der Waals surface area contributed by atoms with Crippen molar-refractivity contribution in [3.8, 4) is 10.6 Å². The molecule has 0 radical (unpaired) electrons. The van der Waals surface area contributed by atoms with Crippen LogP contribution in [0.1, 0.15) is 27.8 Å². The number of thiazole rings is 1.